The number of nitrogens with zero attached hydrogens (tertiary/aromatic N) is 6. The lowest BCUT2D eigenvalue weighted by Gasteiger charge is -2.26. The van der Waals surface area contributed by atoms with Crippen LogP contribution < -0.4 is 4.74 Å². The van der Waals surface area contributed by atoms with Gasteiger partial charge in [0.25, 0.3) is 0 Å². The van der Waals surface area contributed by atoms with Gasteiger partial charge in [0.05, 0.1) is 5.39 Å². The second-order valence-electron chi connectivity index (χ2n) is 13.5. The standard InChI is InChI=1S/C42H26N8O2S2Si/c51-41(42(55,22-16-18-53-20-22)23-17-19-54-21-23)52-31-15-7-14-30-32(31)40-49-38-29-13-6-5-12-28(29)36(47-38)45-34-25-9-2-1-8-24(25)33(43-34)44-35-26-10-3-4-11-27(26)37(46-35)48-39(30)50-40/h1-21H,55H3,(H2,43,44,45,46,47,48,49,50). The molecule has 2 aliphatic heterocycles. The van der Waals surface area contributed by atoms with Crippen LogP contribution in [0.3, 0.4) is 0 Å². The van der Waals surface area contributed by atoms with Crippen LogP contribution in [-0.4, -0.2) is 56.1 Å². The summed E-state index contributed by atoms with van der Waals surface area (Å²) in [6.07, 6.45) is 0. The molecule has 262 valence electrons. The molecule has 0 spiro atoms. The smallest absolute Gasteiger partial charge is 0.322 e. The van der Waals surface area contributed by atoms with Gasteiger partial charge in [0.1, 0.15) is 33.4 Å². The molecule has 0 fully saturated rings. The van der Waals surface area contributed by atoms with Gasteiger partial charge in [-0.1, -0.05) is 84.9 Å². The van der Waals surface area contributed by atoms with Crippen LogP contribution in [0.1, 0.15) is 11.1 Å². The highest BCUT2D eigenvalue weighted by Gasteiger charge is 2.40. The summed E-state index contributed by atoms with van der Waals surface area (Å²) in [5.74, 6) is 2.01. The average molecular weight is 767 g/mol. The molecule has 10 nitrogen and oxygen atoms in total. The maximum Gasteiger partial charge on any atom is 0.322 e. The van der Waals surface area contributed by atoms with Crippen molar-refractivity contribution in [3.63, 3.8) is 0 Å². The van der Waals surface area contributed by atoms with Crippen molar-refractivity contribution in [1.82, 2.24) is 39.9 Å². The second kappa shape index (κ2) is 12.2. The summed E-state index contributed by atoms with van der Waals surface area (Å²) in [5.41, 5.74) is 7.43. The number of aromatic amines is 2. The van der Waals surface area contributed by atoms with Crippen LogP contribution in [0.4, 0.5) is 0 Å². The van der Waals surface area contributed by atoms with Gasteiger partial charge in [0, 0.05) is 48.7 Å². The zero-order valence-electron chi connectivity index (χ0n) is 28.9. The van der Waals surface area contributed by atoms with E-state index >= 15 is 0 Å². The van der Waals surface area contributed by atoms with Crippen LogP contribution in [0, 0.1) is 0 Å². The van der Waals surface area contributed by atoms with Crippen molar-refractivity contribution in [3.05, 3.63) is 136 Å². The molecule has 55 heavy (non-hydrogen) atoms. The van der Waals surface area contributed by atoms with Gasteiger partial charge >= 0.3 is 5.97 Å². The molecule has 2 aliphatic rings. The summed E-state index contributed by atoms with van der Waals surface area (Å²) in [6.45, 7) is 0. The van der Waals surface area contributed by atoms with Gasteiger partial charge in [-0.05, 0) is 50.8 Å². The average Bonchev–Trinajstić information content (AvgIpc) is 4.08. The number of aromatic nitrogens is 8. The predicted molar refractivity (Wildman–Crippen MR) is 221 cm³/mol. The number of carbonyl (C=O) groups is 1. The zero-order valence-corrected chi connectivity index (χ0v) is 32.6. The number of esters is 1. The Morgan fingerprint density at radius 3 is 1.45 bits per heavy atom. The van der Waals surface area contributed by atoms with Crippen molar-refractivity contribution < 1.29 is 9.53 Å². The Morgan fingerprint density at radius 1 is 0.527 bits per heavy atom. The SMILES string of the molecule is O=C(Oc1cccc2c3nc4nc(nc5[nH]c(nc6nc(nc([nH]3)c12)-c1ccccc1-6)c1ccccc51)-c1ccccc1-4)C([SiH3])(c1ccsc1)c1ccsc1. The monoisotopic (exact) mass is 766 g/mol. The van der Waals surface area contributed by atoms with Gasteiger partial charge in [-0.15, -0.1) is 0 Å². The van der Waals surface area contributed by atoms with Crippen LogP contribution in [0.25, 0.3) is 89.7 Å². The van der Waals surface area contributed by atoms with E-state index in [2.05, 4.69) is 9.97 Å². The molecule has 0 amide bonds. The van der Waals surface area contributed by atoms with Crippen LogP contribution in [0.5, 0.6) is 5.75 Å². The summed E-state index contributed by atoms with van der Waals surface area (Å²) in [5, 5.41) is 10.3. The number of benzene rings is 4. The summed E-state index contributed by atoms with van der Waals surface area (Å²) >= 11 is 3.13. The topological polar surface area (TPSA) is 135 Å². The van der Waals surface area contributed by atoms with Gasteiger partial charge < -0.3 is 14.7 Å². The van der Waals surface area contributed by atoms with E-state index in [1.165, 1.54) is 0 Å². The molecule has 7 heterocycles. The Morgan fingerprint density at radius 2 is 0.964 bits per heavy atom. The second-order valence-corrected chi connectivity index (χ2v) is 16.5. The molecular weight excluding hydrogens is 741 g/mol. The minimum Gasteiger partial charge on any atom is -0.425 e. The van der Waals surface area contributed by atoms with Gasteiger partial charge in [0.2, 0.25) is 0 Å². The first-order chi connectivity index (χ1) is 27.0. The number of ether oxygens (including phenoxy) is 1. The molecule has 2 N–H and O–H groups in total. The van der Waals surface area contributed by atoms with Crippen molar-refractivity contribution >= 4 is 83.0 Å². The number of hydrogen-bond acceptors (Lipinski definition) is 10. The zero-order chi connectivity index (χ0) is 36.7. The number of carbonyl (C=O) groups excluding carboxylic acids is 1. The maximum absolute atomic E-state index is 14.5. The molecule has 0 aliphatic carbocycles. The molecule has 4 aromatic carbocycles. The maximum atomic E-state index is 14.5. The summed E-state index contributed by atoms with van der Waals surface area (Å²) < 4.78 is 6.48. The number of rotatable bonds is 4. The van der Waals surface area contributed by atoms with Crippen LogP contribution in [0.2, 0.25) is 0 Å². The Kier molecular flexibility index (Phi) is 7.05. The van der Waals surface area contributed by atoms with E-state index in [1.54, 1.807) is 28.7 Å². The highest BCUT2D eigenvalue weighted by atomic mass is 32.1. The lowest BCUT2D eigenvalue weighted by molar-refractivity contribution is -0.136. The first-order valence-electron chi connectivity index (χ1n) is 17.5. The molecular formula is C42H26N8O2S2Si. The van der Waals surface area contributed by atoms with Crippen LogP contribution in [0.15, 0.2) is 125 Å². The Bertz CT molecular complexity index is 3150. The van der Waals surface area contributed by atoms with Gasteiger partial charge in [-0.2, -0.15) is 22.7 Å². The molecule has 9 aromatic rings. The summed E-state index contributed by atoms with van der Waals surface area (Å²) in [7, 11) is 0.494. The van der Waals surface area contributed by atoms with Gasteiger partial charge in [-0.25, -0.2) is 29.9 Å². The molecule has 11 rings (SSSR count). The third-order valence-corrected chi connectivity index (χ3v) is 13.3. The highest BCUT2D eigenvalue weighted by molar-refractivity contribution is 7.08. The number of hydrogen-bond donors (Lipinski definition) is 2. The largest absolute Gasteiger partial charge is 0.425 e. The molecule has 5 aromatic heterocycles. The highest BCUT2D eigenvalue weighted by Crippen LogP contribution is 2.40. The molecule has 0 saturated heterocycles. The predicted octanol–water partition coefficient (Wildman–Crippen LogP) is 8.21. The first-order valence-corrected chi connectivity index (χ1v) is 20.4. The summed E-state index contributed by atoms with van der Waals surface area (Å²) in [4.78, 5) is 51.9. The Balaban J connectivity index is 1.22. The van der Waals surface area contributed by atoms with E-state index in [9.17, 15) is 4.79 Å². The van der Waals surface area contributed by atoms with Crippen molar-refractivity contribution in [2.75, 3.05) is 0 Å². The summed E-state index contributed by atoms with van der Waals surface area (Å²) in [6, 6.07) is 33.5. The van der Waals surface area contributed by atoms with E-state index in [4.69, 9.17) is 34.6 Å². The molecule has 0 atom stereocenters. The molecule has 0 radical (unpaired) electrons. The van der Waals surface area contributed by atoms with Crippen molar-refractivity contribution in [2.45, 2.75) is 5.04 Å². The van der Waals surface area contributed by atoms with Crippen molar-refractivity contribution in [2.24, 2.45) is 0 Å². The van der Waals surface area contributed by atoms with E-state index < -0.39 is 5.04 Å². The quantitative estimate of drug-likeness (QED) is 0.104. The number of fused-ring (bicyclic) bond motifs is 20. The van der Waals surface area contributed by atoms with E-state index in [1.807, 2.05) is 119 Å². The fourth-order valence-corrected chi connectivity index (χ4v) is 10.1. The van der Waals surface area contributed by atoms with E-state index in [0.717, 1.165) is 44.2 Å². The van der Waals surface area contributed by atoms with Crippen LogP contribution >= 0.6 is 22.7 Å². The number of thiophene rings is 2. The molecule has 8 bridgehead atoms. The molecule has 13 heteroatoms. The Hall–Kier alpha value is -6.67. The van der Waals surface area contributed by atoms with E-state index in [-0.39, 0.29) is 5.97 Å². The van der Waals surface area contributed by atoms with Gasteiger partial charge in [0.15, 0.2) is 23.3 Å². The normalized spacial score (nSPS) is 12.2. The van der Waals surface area contributed by atoms with Crippen molar-refractivity contribution in [3.8, 4) is 51.3 Å². The molecule has 0 unspecified atom stereocenters. The minimum atomic E-state index is -0.908. The minimum absolute atomic E-state index is 0.349. The fraction of sp³-hybridized carbons (Fsp3) is 0.0238. The lowest BCUT2D eigenvalue weighted by atomic mass is 9.94. The number of nitrogens with one attached hydrogen (secondary N) is 2. The van der Waals surface area contributed by atoms with Gasteiger partial charge in [-0.3, -0.25) is 4.79 Å². The van der Waals surface area contributed by atoms with E-state index in [0.29, 0.717) is 72.7 Å². The Labute approximate surface area is 323 Å². The first kappa shape index (κ1) is 31.8. The third-order valence-electron chi connectivity index (χ3n) is 10.3. The van der Waals surface area contributed by atoms with Crippen molar-refractivity contribution in [1.29, 1.82) is 0 Å². The third kappa shape index (κ3) is 4.94. The molecule has 0 saturated carbocycles. The lowest BCUT2D eigenvalue weighted by Crippen LogP contribution is -2.40. The fourth-order valence-electron chi connectivity index (χ4n) is 7.45. The number of H-pyrrole nitrogens is 2. The van der Waals surface area contributed by atoms with Crippen LogP contribution in [-0.2, 0) is 9.83 Å².